The third-order valence-electron chi connectivity index (χ3n) is 4.23. The van der Waals surface area contributed by atoms with E-state index < -0.39 is 11.7 Å². The summed E-state index contributed by atoms with van der Waals surface area (Å²) in [7, 11) is 0. The average molecular weight is 310 g/mol. The molecular formula is C16H26N2O4. The molecule has 1 N–H and O–H groups in total. The zero-order chi connectivity index (χ0) is 16.4. The molecule has 2 amide bonds. The van der Waals surface area contributed by atoms with Crippen LogP contribution in [0.3, 0.4) is 0 Å². The van der Waals surface area contributed by atoms with E-state index >= 15 is 0 Å². The van der Waals surface area contributed by atoms with Crippen molar-refractivity contribution < 1.29 is 19.1 Å². The molecule has 1 saturated heterocycles. The van der Waals surface area contributed by atoms with Crippen molar-refractivity contribution in [3.63, 3.8) is 0 Å². The van der Waals surface area contributed by atoms with E-state index in [-0.39, 0.29) is 24.2 Å². The average Bonchev–Trinajstić information content (AvgIpc) is 3.07. The number of hydrogen-bond donors (Lipinski definition) is 1. The number of nitrogens with zero attached hydrogens (tertiary/aromatic N) is 1. The van der Waals surface area contributed by atoms with E-state index in [9.17, 15) is 9.59 Å². The Balaban J connectivity index is 1.75. The van der Waals surface area contributed by atoms with Gasteiger partial charge in [0.05, 0.1) is 0 Å². The monoisotopic (exact) mass is 310 g/mol. The van der Waals surface area contributed by atoms with Crippen molar-refractivity contribution in [2.45, 2.75) is 51.7 Å². The van der Waals surface area contributed by atoms with Crippen LogP contribution in [0.2, 0.25) is 0 Å². The summed E-state index contributed by atoms with van der Waals surface area (Å²) in [5.41, 5.74) is -0.337. The first kappa shape index (κ1) is 16.6. The highest BCUT2D eigenvalue weighted by Crippen LogP contribution is 2.53. The van der Waals surface area contributed by atoms with Crippen molar-refractivity contribution >= 4 is 12.2 Å². The molecule has 0 aromatic heterocycles. The summed E-state index contributed by atoms with van der Waals surface area (Å²) < 4.78 is 10.3. The Morgan fingerprint density at radius 2 is 2.00 bits per heavy atom. The van der Waals surface area contributed by atoms with Crippen LogP contribution in [0.25, 0.3) is 0 Å². The fourth-order valence-corrected chi connectivity index (χ4v) is 2.88. The molecule has 1 saturated carbocycles. The zero-order valence-corrected chi connectivity index (χ0v) is 13.7. The number of carbonyl (C=O) groups excluding carboxylic acids is 2. The van der Waals surface area contributed by atoms with Crippen LogP contribution in [-0.4, -0.2) is 48.4 Å². The molecule has 124 valence electrons. The lowest BCUT2D eigenvalue weighted by molar-refractivity contribution is 0.0168. The van der Waals surface area contributed by atoms with Gasteiger partial charge in [0, 0.05) is 19.1 Å². The van der Waals surface area contributed by atoms with Crippen LogP contribution in [-0.2, 0) is 9.47 Å². The molecule has 2 fully saturated rings. The third-order valence-corrected chi connectivity index (χ3v) is 4.23. The summed E-state index contributed by atoms with van der Waals surface area (Å²) in [6, 6.07) is 0.158. The van der Waals surface area contributed by atoms with Crippen LogP contribution in [0.1, 0.15) is 40.0 Å². The van der Waals surface area contributed by atoms with Crippen LogP contribution in [0.5, 0.6) is 0 Å². The van der Waals surface area contributed by atoms with Gasteiger partial charge in [0.25, 0.3) is 0 Å². The Hall–Kier alpha value is -1.72. The van der Waals surface area contributed by atoms with Gasteiger partial charge < -0.3 is 19.7 Å². The second kappa shape index (κ2) is 6.18. The van der Waals surface area contributed by atoms with Gasteiger partial charge in [-0.2, -0.15) is 0 Å². The molecule has 6 nitrogen and oxygen atoms in total. The Morgan fingerprint density at radius 3 is 2.55 bits per heavy atom. The Morgan fingerprint density at radius 1 is 1.36 bits per heavy atom. The molecule has 1 spiro atoms. The minimum absolute atomic E-state index is 0.131. The van der Waals surface area contributed by atoms with Crippen LogP contribution in [0.4, 0.5) is 9.59 Å². The second-order valence-corrected chi connectivity index (χ2v) is 7.12. The molecule has 1 heterocycles. The SMILES string of the molecule is C=CCOC(=O)NC1CC12CCN(C(=O)OC(C)(C)C)CC2. The third kappa shape index (κ3) is 4.15. The van der Waals surface area contributed by atoms with Gasteiger partial charge in [0.2, 0.25) is 0 Å². The largest absolute Gasteiger partial charge is 0.445 e. The van der Waals surface area contributed by atoms with Crippen LogP contribution in [0, 0.1) is 5.41 Å². The summed E-state index contributed by atoms with van der Waals surface area (Å²) >= 11 is 0. The molecule has 0 aromatic carbocycles. The van der Waals surface area contributed by atoms with Gasteiger partial charge in [-0.3, -0.25) is 0 Å². The molecular weight excluding hydrogens is 284 g/mol. The summed E-state index contributed by atoms with van der Waals surface area (Å²) in [4.78, 5) is 25.3. The molecule has 1 aliphatic heterocycles. The number of hydrogen-bond acceptors (Lipinski definition) is 4. The van der Waals surface area contributed by atoms with Gasteiger partial charge in [-0.15, -0.1) is 0 Å². The first-order valence-corrected chi connectivity index (χ1v) is 7.78. The van der Waals surface area contributed by atoms with E-state index in [0.29, 0.717) is 13.1 Å². The van der Waals surface area contributed by atoms with E-state index in [1.807, 2.05) is 20.8 Å². The number of ether oxygens (including phenoxy) is 2. The van der Waals surface area contributed by atoms with E-state index in [1.54, 1.807) is 11.0 Å². The molecule has 6 heteroatoms. The van der Waals surface area contributed by atoms with Gasteiger partial charge in [-0.05, 0) is 45.4 Å². The van der Waals surface area contributed by atoms with Gasteiger partial charge in [0.15, 0.2) is 0 Å². The number of carbonyl (C=O) groups is 2. The molecule has 0 bridgehead atoms. The summed E-state index contributed by atoms with van der Waals surface area (Å²) in [6.07, 6.45) is 3.63. The zero-order valence-electron chi connectivity index (χ0n) is 13.7. The lowest BCUT2D eigenvalue weighted by atomic mass is 9.93. The van der Waals surface area contributed by atoms with Crippen LogP contribution >= 0.6 is 0 Å². The van der Waals surface area contributed by atoms with Crippen molar-refractivity contribution in [1.82, 2.24) is 10.2 Å². The molecule has 0 aromatic rings. The number of nitrogens with one attached hydrogen (secondary N) is 1. The maximum atomic E-state index is 12.0. The topological polar surface area (TPSA) is 67.9 Å². The number of likely N-dealkylation sites (tertiary alicyclic amines) is 1. The predicted octanol–water partition coefficient (Wildman–Crippen LogP) is 2.69. The van der Waals surface area contributed by atoms with E-state index in [1.165, 1.54) is 0 Å². The maximum absolute atomic E-state index is 12.0. The fraction of sp³-hybridized carbons (Fsp3) is 0.750. The van der Waals surface area contributed by atoms with Gasteiger partial charge in [-0.1, -0.05) is 12.7 Å². The van der Waals surface area contributed by atoms with Crippen LogP contribution < -0.4 is 5.32 Å². The molecule has 1 unspecified atom stereocenters. The standard InChI is InChI=1S/C16H26N2O4/c1-5-10-21-13(19)17-12-11-16(12)6-8-18(9-7-16)14(20)22-15(2,3)4/h5,12H,1,6-11H2,2-4H3,(H,17,19). The second-order valence-electron chi connectivity index (χ2n) is 7.12. The van der Waals surface area contributed by atoms with Gasteiger partial charge in [-0.25, -0.2) is 9.59 Å². The van der Waals surface area contributed by atoms with E-state index in [4.69, 9.17) is 9.47 Å². The fourth-order valence-electron chi connectivity index (χ4n) is 2.88. The quantitative estimate of drug-likeness (QED) is 0.814. The van der Waals surface area contributed by atoms with Crippen molar-refractivity contribution in [3.05, 3.63) is 12.7 Å². The maximum Gasteiger partial charge on any atom is 0.410 e. The van der Waals surface area contributed by atoms with Crippen molar-refractivity contribution in [1.29, 1.82) is 0 Å². The summed E-state index contributed by atoms with van der Waals surface area (Å²) in [6.45, 7) is 10.7. The lowest BCUT2D eigenvalue weighted by Crippen LogP contribution is -2.44. The molecule has 22 heavy (non-hydrogen) atoms. The molecule has 1 aliphatic carbocycles. The normalized spacial score (nSPS) is 22.9. The number of amides is 2. The highest BCUT2D eigenvalue weighted by Gasteiger charge is 2.56. The van der Waals surface area contributed by atoms with Crippen molar-refractivity contribution in [2.75, 3.05) is 19.7 Å². The number of piperidine rings is 1. The molecule has 0 radical (unpaired) electrons. The van der Waals surface area contributed by atoms with Gasteiger partial charge in [0.1, 0.15) is 12.2 Å². The summed E-state index contributed by atoms with van der Waals surface area (Å²) in [5, 5.41) is 2.89. The smallest absolute Gasteiger partial charge is 0.410 e. The van der Waals surface area contributed by atoms with Crippen molar-refractivity contribution in [3.8, 4) is 0 Å². The Bertz CT molecular complexity index is 448. The first-order chi connectivity index (χ1) is 10.3. The van der Waals surface area contributed by atoms with Crippen LogP contribution in [0.15, 0.2) is 12.7 Å². The van der Waals surface area contributed by atoms with E-state index in [0.717, 1.165) is 19.3 Å². The van der Waals surface area contributed by atoms with E-state index in [2.05, 4.69) is 11.9 Å². The number of rotatable bonds is 3. The molecule has 1 atom stereocenters. The number of alkyl carbamates (subject to hydrolysis) is 1. The highest BCUT2D eigenvalue weighted by atomic mass is 16.6. The minimum Gasteiger partial charge on any atom is -0.445 e. The Labute approximate surface area is 131 Å². The minimum atomic E-state index is -0.467. The summed E-state index contributed by atoms with van der Waals surface area (Å²) in [5.74, 6) is 0. The van der Waals surface area contributed by atoms with Crippen molar-refractivity contribution in [2.24, 2.45) is 5.41 Å². The highest BCUT2D eigenvalue weighted by molar-refractivity contribution is 5.69. The molecule has 2 aliphatic rings. The first-order valence-electron chi connectivity index (χ1n) is 7.78. The molecule has 2 rings (SSSR count). The predicted molar refractivity (Wildman–Crippen MR) is 82.6 cm³/mol. The Kier molecular flexibility index (Phi) is 4.68. The van der Waals surface area contributed by atoms with Gasteiger partial charge >= 0.3 is 12.2 Å². The lowest BCUT2D eigenvalue weighted by Gasteiger charge is -2.34.